The van der Waals surface area contributed by atoms with Crippen molar-refractivity contribution in [1.82, 2.24) is 0 Å². The van der Waals surface area contributed by atoms with Crippen molar-refractivity contribution in [3.8, 4) is 0 Å². The summed E-state index contributed by atoms with van der Waals surface area (Å²) in [5, 5.41) is 20.1. The largest absolute Gasteiger partial charge is 0.392 e. The predicted octanol–water partition coefficient (Wildman–Crippen LogP) is 1.70. The Kier molecular flexibility index (Phi) is 4.34. The summed E-state index contributed by atoms with van der Waals surface area (Å²) in [7, 11) is 1.69. The van der Waals surface area contributed by atoms with E-state index in [0.717, 1.165) is 31.6 Å². The van der Waals surface area contributed by atoms with E-state index in [0.29, 0.717) is 5.56 Å². The molecule has 1 aliphatic heterocycles. The zero-order valence-electron chi connectivity index (χ0n) is 10.9. The summed E-state index contributed by atoms with van der Waals surface area (Å²) in [6, 6.07) is 4.62. The number of anilines is 1. The fraction of sp³-hybridized carbons (Fsp3) is 0.538. The number of nitro benzene ring substituents is 1. The summed E-state index contributed by atoms with van der Waals surface area (Å²) in [6.45, 7) is 1.43. The van der Waals surface area contributed by atoms with Crippen LogP contribution in [-0.2, 0) is 11.3 Å². The van der Waals surface area contributed by atoms with Crippen LogP contribution in [0.15, 0.2) is 18.2 Å². The second-order valence-electron chi connectivity index (χ2n) is 4.67. The van der Waals surface area contributed by atoms with E-state index in [-0.39, 0.29) is 18.4 Å². The van der Waals surface area contributed by atoms with Crippen molar-refractivity contribution in [2.75, 3.05) is 25.1 Å². The van der Waals surface area contributed by atoms with E-state index >= 15 is 0 Å². The number of benzene rings is 1. The number of ether oxygens (including phenoxy) is 1. The molecule has 1 atom stereocenters. The van der Waals surface area contributed by atoms with E-state index in [1.165, 1.54) is 12.1 Å². The lowest BCUT2D eigenvalue weighted by Gasteiger charge is -2.34. The summed E-state index contributed by atoms with van der Waals surface area (Å²) >= 11 is 0. The van der Waals surface area contributed by atoms with Crippen molar-refractivity contribution in [3.05, 3.63) is 33.9 Å². The normalized spacial score (nSPS) is 19.5. The van der Waals surface area contributed by atoms with Crippen LogP contribution < -0.4 is 4.90 Å². The molecule has 1 aromatic rings. The van der Waals surface area contributed by atoms with Gasteiger partial charge in [-0.3, -0.25) is 10.1 Å². The maximum atomic E-state index is 10.7. The quantitative estimate of drug-likeness (QED) is 0.663. The van der Waals surface area contributed by atoms with Crippen LogP contribution >= 0.6 is 0 Å². The molecule has 1 aromatic carbocycles. The summed E-state index contributed by atoms with van der Waals surface area (Å²) < 4.78 is 5.37. The van der Waals surface area contributed by atoms with Gasteiger partial charge in [-0.1, -0.05) is 0 Å². The lowest BCUT2D eigenvalue weighted by Crippen LogP contribution is -2.39. The third-order valence-corrected chi connectivity index (χ3v) is 3.50. The summed E-state index contributed by atoms with van der Waals surface area (Å²) in [5.41, 5.74) is 1.45. The second-order valence-corrected chi connectivity index (χ2v) is 4.67. The Morgan fingerprint density at radius 2 is 2.37 bits per heavy atom. The first-order valence-electron chi connectivity index (χ1n) is 6.31. The van der Waals surface area contributed by atoms with Crippen molar-refractivity contribution < 1.29 is 14.8 Å². The Morgan fingerprint density at radius 1 is 1.58 bits per heavy atom. The number of nitrogens with zero attached hydrogens (tertiary/aromatic N) is 2. The first-order valence-corrected chi connectivity index (χ1v) is 6.31. The molecule has 6 nitrogen and oxygen atoms in total. The molecule has 19 heavy (non-hydrogen) atoms. The number of methoxy groups -OCH3 is 1. The molecule has 2 rings (SSSR count). The minimum absolute atomic E-state index is 0.00750. The van der Waals surface area contributed by atoms with Crippen LogP contribution in [0, 0.1) is 10.1 Å². The molecular formula is C13H18N2O4. The third-order valence-electron chi connectivity index (χ3n) is 3.50. The zero-order chi connectivity index (χ0) is 13.8. The molecule has 104 valence electrons. The van der Waals surface area contributed by atoms with Gasteiger partial charge in [0.15, 0.2) is 0 Å². The van der Waals surface area contributed by atoms with Gasteiger partial charge in [-0.25, -0.2) is 0 Å². The molecule has 6 heteroatoms. The van der Waals surface area contributed by atoms with Crippen molar-refractivity contribution in [3.63, 3.8) is 0 Å². The second kappa shape index (κ2) is 5.99. The third kappa shape index (κ3) is 3.02. The van der Waals surface area contributed by atoms with Gasteiger partial charge < -0.3 is 14.7 Å². The first-order chi connectivity index (χ1) is 9.15. The molecule has 1 fully saturated rings. The number of aliphatic hydroxyl groups is 1. The Morgan fingerprint density at radius 3 is 3.00 bits per heavy atom. The Labute approximate surface area is 111 Å². The van der Waals surface area contributed by atoms with Gasteiger partial charge in [-0.2, -0.15) is 0 Å². The van der Waals surface area contributed by atoms with E-state index in [2.05, 4.69) is 4.90 Å². The number of aliphatic hydroxyl groups excluding tert-OH is 1. The van der Waals surface area contributed by atoms with E-state index in [1.807, 2.05) is 0 Å². The van der Waals surface area contributed by atoms with Crippen molar-refractivity contribution in [1.29, 1.82) is 0 Å². The minimum Gasteiger partial charge on any atom is -0.392 e. The predicted molar refractivity (Wildman–Crippen MR) is 71.3 cm³/mol. The van der Waals surface area contributed by atoms with Crippen LogP contribution in [-0.4, -0.2) is 36.3 Å². The zero-order valence-corrected chi connectivity index (χ0v) is 10.9. The van der Waals surface area contributed by atoms with E-state index in [4.69, 9.17) is 4.74 Å². The Balaban J connectivity index is 2.26. The monoisotopic (exact) mass is 266 g/mol. The highest BCUT2D eigenvalue weighted by Crippen LogP contribution is 2.28. The maximum absolute atomic E-state index is 10.7. The smallest absolute Gasteiger partial charge is 0.269 e. The lowest BCUT2D eigenvalue weighted by molar-refractivity contribution is -0.384. The molecule has 0 radical (unpaired) electrons. The molecule has 0 aromatic heterocycles. The van der Waals surface area contributed by atoms with Gasteiger partial charge in [0.05, 0.1) is 17.6 Å². The highest BCUT2D eigenvalue weighted by molar-refractivity contribution is 5.58. The number of piperidine rings is 1. The SMILES string of the molecule is COC1CCCN(c2ccc([N+](=O)[O-])cc2CO)C1. The van der Waals surface area contributed by atoms with Gasteiger partial charge in [0, 0.05) is 43.6 Å². The average Bonchev–Trinajstić information content (AvgIpc) is 2.46. The molecule has 1 aliphatic rings. The first kappa shape index (κ1) is 13.8. The average molecular weight is 266 g/mol. The number of hydrogen-bond donors (Lipinski definition) is 1. The standard InChI is InChI=1S/C13H18N2O4/c1-19-12-3-2-6-14(8-12)13-5-4-11(15(17)18)7-10(13)9-16/h4-5,7,12,16H,2-3,6,8-9H2,1H3. The molecular weight excluding hydrogens is 248 g/mol. The van der Waals surface area contributed by atoms with E-state index in [9.17, 15) is 15.2 Å². The van der Waals surface area contributed by atoms with Gasteiger partial charge in [0.2, 0.25) is 0 Å². The maximum Gasteiger partial charge on any atom is 0.269 e. The molecule has 0 saturated carbocycles. The molecule has 0 bridgehead atoms. The van der Waals surface area contributed by atoms with Gasteiger partial charge in [-0.05, 0) is 18.9 Å². The van der Waals surface area contributed by atoms with Crippen LogP contribution in [0.1, 0.15) is 18.4 Å². The van der Waals surface area contributed by atoms with Gasteiger partial charge >= 0.3 is 0 Å². The molecule has 1 saturated heterocycles. The Hall–Kier alpha value is -1.66. The van der Waals surface area contributed by atoms with E-state index < -0.39 is 4.92 Å². The highest BCUT2D eigenvalue weighted by atomic mass is 16.6. The van der Waals surface area contributed by atoms with Crippen molar-refractivity contribution >= 4 is 11.4 Å². The van der Waals surface area contributed by atoms with Crippen LogP contribution in [0.5, 0.6) is 0 Å². The fourth-order valence-electron chi connectivity index (χ4n) is 2.47. The molecule has 0 aliphatic carbocycles. The number of non-ortho nitro benzene ring substituents is 1. The van der Waals surface area contributed by atoms with Crippen LogP contribution in [0.4, 0.5) is 11.4 Å². The molecule has 1 unspecified atom stereocenters. The Bertz CT molecular complexity index is 464. The molecule has 1 heterocycles. The number of hydrogen-bond acceptors (Lipinski definition) is 5. The summed E-state index contributed by atoms with van der Waals surface area (Å²) in [4.78, 5) is 12.4. The molecule has 1 N–H and O–H groups in total. The fourth-order valence-corrected chi connectivity index (χ4v) is 2.47. The van der Waals surface area contributed by atoms with Crippen molar-refractivity contribution in [2.45, 2.75) is 25.6 Å². The van der Waals surface area contributed by atoms with Gasteiger partial charge in [0.25, 0.3) is 5.69 Å². The lowest BCUT2D eigenvalue weighted by atomic mass is 10.0. The topological polar surface area (TPSA) is 75.8 Å². The molecule has 0 spiro atoms. The van der Waals surface area contributed by atoms with Crippen molar-refractivity contribution in [2.24, 2.45) is 0 Å². The van der Waals surface area contributed by atoms with Crippen LogP contribution in [0.2, 0.25) is 0 Å². The highest BCUT2D eigenvalue weighted by Gasteiger charge is 2.22. The van der Waals surface area contributed by atoms with Crippen LogP contribution in [0.25, 0.3) is 0 Å². The minimum atomic E-state index is -0.447. The summed E-state index contributed by atoms with van der Waals surface area (Å²) in [6.07, 6.45) is 2.21. The van der Waals surface area contributed by atoms with Gasteiger partial charge in [-0.15, -0.1) is 0 Å². The summed E-state index contributed by atoms with van der Waals surface area (Å²) in [5.74, 6) is 0. The molecule has 0 amide bonds. The number of nitro groups is 1. The van der Waals surface area contributed by atoms with Crippen LogP contribution in [0.3, 0.4) is 0 Å². The van der Waals surface area contributed by atoms with Gasteiger partial charge in [0.1, 0.15) is 0 Å². The number of rotatable bonds is 4. The van der Waals surface area contributed by atoms with E-state index in [1.54, 1.807) is 13.2 Å².